The molecule has 3 aliphatic carbocycles. The molecule has 2 aromatic rings. The average Bonchev–Trinajstić information content (AvgIpc) is 2.97. The van der Waals surface area contributed by atoms with Crippen LogP contribution in [0.25, 0.3) is 10.9 Å². The number of nitrogens with one attached hydrogen (secondary N) is 1. The molecule has 24 heavy (non-hydrogen) atoms. The average molecular weight is 318 g/mol. The molecule has 2 bridgehead atoms. The van der Waals surface area contributed by atoms with Crippen LogP contribution in [0.2, 0.25) is 0 Å². The molecule has 1 fully saturated rings. The van der Waals surface area contributed by atoms with Crippen molar-refractivity contribution in [2.45, 2.75) is 33.2 Å². The summed E-state index contributed by atoms with van der Waals surface area (Å²) in [5, 5.41) is 7.80. The molecule has 0 spiro atoms. The normalized spacial score (nSPS) is 27.2. The van der Waals surface area contributed by atoms with Crippen LogP contribution in [0, 0.1) is 17.3 Å². The van der Waals surface area contributed by atoms with E-state index in [1.54, 1.807) is 0 Å². The SMILES string of the molecule is CC1(C)[C@@H]2CC=C(/C=N\N3C=Nc4c([nH]c5ccccc45)C3)[C@H]1C2. The smallest absolute Gasteiger partial charge is 0.113 e. The topological polar surface area (TPSA) is 43.8 Å². The molecule has 122 valence electrons. The van der Waals surface area contributed by atoms with E-state index in [-0.39, 0.29) is 0 Å². The Hall–Kier alpha value is -2.36. The van der Waals surface area contributed by atoms with Gasteiger partial charge < -0.3 is 4.98 Å². The molecule has 1 aliphatic heterocycles. The summed E-state index contributed by atoms with van der Waals surface area (Å²) in [6.45, 7) is 5.53. The van der Waals surface area contributed by atoms with E-state index in [0.29, 0.717) is 11.3 Å². The number of hydrazone groups is 1. The fourth-order valence-corrected chi connectivity index (χ4v) is 4.53. The molecule has 2 atom stereocenters. The largest absolute Gasteiger partial charge is 0.355 e. The lowest BCUT2D eigenvalue weighted by atomic mass is 9.49. The molecule has 0 unspecified atom stereocenters. The predicted molar refractivity (Wildman–Crippen MR) is 98.6 cm³/mol. The summed E-state index contributed by atoms with van der Waals surface area (Å²) >= 11 is 0. The van der Waals surface area contributed by atoms with E-state index < -0.39 is 0 Å². The van der Waals surface area contributed by atoms with Crippen LogP contribution in [0.1, 0.15) is 32.4 Å². The van der Waals surface area contributed by atoms with Crippen LogP contribution in [0.5, 0.6) is 0 Å². The van der Waals surface area contributed by atoms with Crippen LogP contribution in [0.3, 0.4) is 0 Å². The minimum absolute atomic E-state index is 0.441. The molecule has 1 N–H and O–H groups in total. The van der Waals surface area contributed by atoms with E-state index in [9.17, 15) is 0 Å². The summed E-state index contributed by atoms with van der Waals surface area (Å²) < 4.78 is 0. The Kier molecular flexibility index (Phi) is 2.82. The molecular formula is C20H22N4. The van der Waals surface area contributed by atoms with Gasteiger partial charge in [0.05, 0.1) is 24.1 Å². The lowest BCUT2D eigenvalue weighted by molar-refractivity contribution is -0.00132. The Morgan fingerprint density at radius 1 is 1.33 bits per heavy atom. The van der Waals surface area contributed by atoms with E-state index >= 15 is 0 Å². The summed E-state index contributed by atoms with van der Waals surface area (Å²) in [6.07, 6.45) is 8.80. The molecule has 1 aromatic heterocycles. The van der Waals surface area contributed by atoms with Crippen molar-refractivity contribution in [2.75, 3.05) is 0 Å². The Balaban J connectivity index is 1.38. The van der Waals surface area contributed by atoms with Crippen molar-refractivity contribution >= 4 is 29.1 Å². The van der Waals surface area contributed by atoms with Crippen molar-refractivity contribution in [1.29, 1.82) is 0 Å². The van der Waals surface area contributed by atoms with Gasteiger partial charge in [-0.25, -0.2) is 10.0 Å². The monoisotopic (exact) mass is 318 g/mol. The Morgan fingerprint density at radius 2 is 2.21 bits per heavy atom. The molecule has 1 aromatic carbocycles. The van der Waals surface area contributed by atoms with Crippen LogP contribution < -0.4 is 0 Å². The molecule has 4 aliphatic rings. The van der Waals surface area contributed by atoms with Gasteiger partial charge in [-0.2, -0.15) is 5.10 Å². The molecule has 0 amide bonds. The molecule has 4 nitrogen and oxygen atoms in total. The highest BCUT2D eigenvalue weighted by atomic mass is 15.5. The van der Waals surface area contributed by atoms with Gasteiger partial charge in [0.25, 0.3) is 0 Å². The zero-order valence-corrected chi connectivity index (χ0v) is 14.2. The minimum Gasteiger partial charge on any atom is -0.355 e. The highest BCUT2D eigenvalue weighted by Gasteiger charge is 2.50. The molecular weight excluding hydrogens is 296 g/mol. The number of aliphatic imine (C=N–C) groups is 1. The van der Waals surface area contributed by atoms with Gasteiger partial charge >= 0.3 is 0 Å². The summed E-state index contributed by atoms with van der Waals surface area (Å²) in [7, 11) is 0. The molecule has 2 heterocycles. The lowest BCUT2D eigenvalue weighted by Gasteiger charge is -2.55. The van der Waals surface area contributed by atoms with Gasteiger partial charge in [0, 0.05) is 10.9 Å². The number of aromatic amines is 1. The van der Waals surface area contributed by atoms with Crippen molar-refractivity contribution in [3.05, 3.63) is 41.6 Å². The molecule has 0 radical (unpaired) electrons. The maximum atomic E-state index is 4.69. The fourth-order valence-electron chi connectivity index (χ4n) is 4.53. The number of hydrogen-bond acceptors (Lipinski definition) is 3. The molecule has 4 heteroatoms. The first-order chi connectivity index (χ1) is 11.6. The Bertz CT molecular complexity index is 899. The van der Waals surface area contributed by atoms with Crippen molar-refractivity contribution in [3.63, 3.8) is 0 Å². The number of benzene rings is 1. The molecule has 6 rings (SSSR count). The summed E-state index contributed by atoms with van der Waals surface area (Å²) in [6, 6.07) is 8.31. The number of hydrogen-bond donors (Lipinski definition) is 1. The number of rotatable bonds is 2. The van der Waals surface area contributed by atoms with Crippen LogP contribution in [0.15, 0.2) is 46.0 Å². The third kappa shape index (κ3) is 1.92. The number of aromatic nitrogens is 1. The van der Waals surface area contributed by atoms with Gasteiger partial charge in [-0.3, -0.25) is 0 Å². The maximum Gasteiger partial charge on any atom is 0.113 e. The highest BCUT2D eigenvalue weighted by Crippen LogP contribution is 2.58. The van der Waals surface area contributed by atoms with Gasteiger partial charge in [-0.05, 0) is 41.7 Å². The van der Waals surface area contributed by atoms with Crippen LogP contribution in [-0.2, 0) is 6.54 Å². The highest BCUT2D eigenvalue weighted by molar-refractivity contribution is 5.95. The van der Waals surface area contributed by atoms with Gasteiger partial charge in [-0.15, -0.1) is 0 Å². The number of allylic oxidation sites excluding steroid dienone is 2. The maximum absolute atomic E-state index is 4.69. The van der Waals surface area contributed by atoms with Gasteiger partial charge in [0.15, 0.2) is 0 Å². The third-order valence-electron chi connectivity index (χ3n) is 6.26. The first-order valence-electron chi connectivity index (χ1n) is 8.77. The zero-order valence-electron chi connectivity index (χ0n) is 14.2. The van der Waals surface area contributed by atoms with Gasteiger partial charge in [0.2, 0.25) is 0 Å². The van der Waals surface area contributed by atoms with Gasteiger partial charge in [-0.1, -0.05) is 38.1 Å². The molecule has 1 saturated carbocycles. The standard InChI is InChI=1S/C20H22N4/c1-20(2)14-8-7-13(16(20)9-14)10-22-24-11-18-19(21-12-24)15-5-3-4-6-17(15)23-18/h3-7,10,12,14,16,23H,8-9,11H2,1-2H3/b22-10-/t14-,16-/m1/s1. The van der Waals surface area contributed by atoms with Crippen LogP contribution in [0.4, 0.5) is 5.69 Å². The summed E-state index contributed by atoms with van der Waals surface area (Å²) in [5.74, 6) is 1.54. The summed E-state index contributed by atoms with van der Waals surface area (Å²) in [5.41, 5.74) is 5.17. The minimum atomic E-state index is 0.441. The van der Waals surface area contributed by atoms with Crippen LogP contribution >= 0.6 is 0 Å². The van der Waals surface area contributed by atoms with E-state index in [2.05, 4.69) is 59.4 Å². The molecule has 0 saturated heterocycles. The van der Waals surface area contributed by atoms with Gasteiger partial charge in [0.1, 0.15) is 6.34 Å². The second-order valence-electron chi connectivity index (χ2n) is 7.83. The fraction of sp³-hybridized carbons (Fsp3) is 0.400. The predicted octanol–water partition coefficient (Wildman–Crippen LogP) is 4.62. The lowest BCUT2D eigenvalue weighted by Crippen LogP contribution is -2.48. The number of fused-ring (bicyclic) bond motifs is 4. The van der Waals surface area contributed by atoms with E-state index in [0.717, 1.165) is 29.4 Å². The second kappa shape index (κ2) is 4.82. The second-order valence-corrected chi connectivity index (χ2v) is 7.83. The van der Waals surface area contributed by atoms with E-state index in [4.69, 9.17) is 0 Å². The number of para-hydroxylation sites is 1. The number of nitrogens with zero attached hydrogens (tertiary/aromatic N) is 3. The Morgan fingerprint density at radius 3 is 3.04 bits per heavy atom. The van der Waals surface area contributed by atoms with Crippen molar-refractivity contribution < 1.29 is 0 Å². The quantitative estimate of drug-likeness (QED) is 0.807. The first kappa shape index (κ1) is 14.0. The first-order valence-corrected chi connectivity index (χ1v) is 8.77. The van der Waals surface area contributed by atoms with Crippen LogP contribution in [-0.4, -0.2) is 22.5 Å². The van der Waals surface area contributed by atoms with Crippen molar-refractivity contribution in [2.24, 2.45) is 27.3 Å². The summed E-state index contributed by atoms with van der Waals surface area (Å²) in [4.78, 5) is 8.09. The third-order valence-corrected chi connectivity index (χ3v) is 6.26. The number of H-pyrrole nitrogens is 1. The Labute approximate surface area is 142 Å². The van der Waals surface area contributed by atoms with E-state index in [1.165, 1.54) is 23.8 Å². The van der Waals surface area contributed by atoms with E-state index in [1.807, 2.05) is 17.4 Å². The zero-order chi connectivity index (χ0) is 16.3. The van der Waals surface area contributed by atoms with Crippen molar-refractivity contribution in [3.8, 4) is 0 Å². The van der Waals surface area contributed by atoms with Crippen molar-refractivity contribution in [1.82, 2.24) is 9.99 Å².